The molecule has 0 aliphatic heterocycles. The molecule has 0 unspecified atom stereocenters. The molecule has 0 atom stereocenters. The van der Waals surface area contributed by atoms with E-state index in [-0.39, 0.29) is 0 Å². The minimum Gasteiger partial charge on any atom is -0.497 e. The zero-order valence-electron chi connectivity index (χ0n) is 8.28. The van der Waals surface area contributed by atoms with Gasteiger partial charge in [-0.05, 0) is 24.4 Å². The van der Waals surface area contributed by atoms with E-state index in [1.807, 2.05) is 18.2 Å². The number of halogens is 1. The lowest BCUT2D eigenvalue weighted by Gasteiger charge is -2.06. The molecule has 7 heteroatoms. The summed E-state index contributed by atoms with van der Waals surface area (Å²) < 4.78 is 6.74. The van der Waals surface area contributed by atoms with E-state index in [4.69, 9.17) is 17.0 Å². The zero-order valence-corrected chi connectivity index (χ0v) is 11.5. The van der Waals surface area contributed by atoms with Crippen molar-refractivity contribution in [1.82, 2.24) is 10.2 Å². The van der Waals surface area contributed by atoms with Crippen molar-refractivity contribution in [2.24, 2.45) is 0 Å². The van der Waals surface area contributed by atoms with Crippen molar-refractivity contribution < 1.29 is 4.74 Å². The van der Waals surface area contributed by atoms with Gasteiger partial charge in [-0.2, -0.15) is 0 Å². The van der Waals surface area contributed by atoms with Gasteiger partial charge in [0.1, 0.15) is 5.75 Å². The van der Waals surface area contributed by atoms with E-state index in [2.05, 4.69) is 31.4 Å². The van der Waals surface area contributed by atoms with Gasteiger partial charge in [0.2, 0.25) is 5.13 Å². The van der Waals surface area contributed by atoms with Gasteiger partial charge >= 0.3 is 0 Å². The van der Waals surface area contributed by atoms with Crippen molar-refractivity contribution in [3.05, 3.63) is 26.6 Å². The zero-order chi connectivity index (χ0) is 11.5. The second-order valence-corrected chi connectivity index (χ2v) is 5.50. The van der Waals surface area contributed by atoms with Crippen LogP contribution >= 0.6 is 39.5 Å². The Kier molecular flexibility index (Phi) is 3.57. The Balaban J connectivity index is 2.27. The van der Waals surface area contributed by atoms with Crippen LogP contribution in [-0.2, 0) is 0 Å². The summed E-state index contributed by atoms with van der Waals surface area (Å²) in [6.45, 7) is 0. The number of nitrogens with zero attached hydrogens (tertiary/aromatic N) is 1. The molecule has 2 rings (SSSR count). The highest BCUT2D eigenvalue weighted by Crippen LogP contribution is 2.27. The quantitative estimate of drug-likeness (QED) is 0.847. The molecule has 2 aromatic rings. The van der Waals surface area contributed by atoms with Crippen molar-refractivity contribution in [3.8, 4) is 5.75 Å². The second kappa shape index (κ2) is 4.94. The minimum atomic E-state index is 0.643. The van der Waals surface area contributed by atoms with Crippen LogP contribution in [0.15, 0.2) is 22.7 Å². The number of rotatable bonds is 3. The van der Waals surface area contributed by atoms with Gasteiger partial charge in [0.05, 0.1) is 7.11 Å². The number of methoxy groups -OCH3 is 1. The third kappa shape index (κ3) is 2.81. The Labute approximate surface area is 110 Å². The molecule has 0 amide bonds. The first-order valence-corrected chi connectivity index (χ1v) is 6.36. The van der Waals surface area contributed by atoms with Gasteiger partial charge in [0.15, 0.2) is 3.95 Å². The number of hydrogen-bond acceptors (Lipinski definition) is 5. The molecule has 0 radical (unpaired) electrons. The van der Waals surface area contributed by atoms with Crippen molar-refractivity contribution in [2.75, 3.05) is 12.4 Å². The summed E-state index contributed by atoms with van der Waals surface area (Å²) in [7, 11) is 1.63. The standard InChI is InChI=1S/C9H8BrN3OS2/c1-14-7-3-5(10)2-6(4-7)11-8-12-13-9(15)16-8/h2-4H,1H3,(H,11,12)(H,13,15). The van der Waals surface area contributed by atoms with E-state index in [1.165, 1.54) is 11.3 Å². The minimum absolute atomic E-state index is 0.643. The number of ether oxygens (including phenoxy) is 1. The predicted octanol–water partition coefficient (Wildman–Crippen LogP) is 3.72. The summed E-state index contributed by atoms with van der Waals surface area (Å²) in [6.07, 6.45) is 0. The van der Waals surface area contributed by atoms with Crippen LogP contribution in [0.2, 0.25) is 0 Å². The van der Waals surface area contributed by atoms with E-state index in [0.717, 1.165) is 21.0 Å². The highest BCUT2D eigenvalue weighted by atomic mass is 79.9. The first-order valence-electron chi connectivity index (χ1n) is 4.34. The molecule has 0 aliphatic rings. The van der Waals surface area contributed by atoms with Gasteiger partial charge in [-0.15, -0.1) is 5.10 Å². The van der Waals surface area contributed by atoms with Gasteiger partial charge in [0.25, 0.3) is 0 Å². The van der Waals surface area contributed by atoms with Gasteiger partial charge in [-0.3, -0.25) is 5.10 Å². The van der Waals surface area contributed by atoms with Crippen LogP contribution in [0, 0.1) is 3.95 Å². The molecular formula is C9H8BrN3OS2. The largest absolute Gasteiger partial charge is 0.497 e. The number of anilines is 2. The number of nitrogens with one attached hydrogen (secondary N) is 2. The number of H-pyrrole nitrogens is 1. The van der Waals surface area contributed by atoms with Gasteiger partial charge in [-0.25, -0.2) is 0 Å². The normalized spacial score (nSPS) is 10.1. The molecule has 1 aromatic heterocycles. The molecule has 84 valence electrons. The van der Waals surface area contributed by atoms with Crippen LogP contribution in [-0.4, -0.2) is 17.3 Å². The molecule has 1 heterocycles. The summed E-state index contributed by atoms with van der Waals surface area (Å²) in [5.74, 6) is 0.774. The van der Waals surface area contributed by atoms with E-state index in [0.29, 0.717) is 3.95 Å². The highest BCUT2D eigenvalue weighted by Gasteiger charge is 2.02. The smallest absolute Gasteiger partial charge is 0.208 e. The first kappa shape index (κ1) is 11.6. The lowest BCUT2D eigenvalue weighted by molar-refractivity contribution is 0.415. The maximum atomic E-state index is 5.16. The molecule has 0 saturated carbocycles. The van der Waals surface area contributed by atoms with Crippen molar-refractivity contribution in [2.45, 2.75) is 0 Å². The molecular weight excluding hydrogens is 310 g/mol. The van der Waals surface area contributed by atoms with Crippen LogP contribution in [0.4, 0.5) is 10.8 Å². The average molecular weight is 318 g/mol. The third-order valence-corrected chi connectivity index (χ3v) is 3.26. The topological polar surface area (TPSA) is 49.9 Å². The molecule has 0 spiro atoms. The van der Waals surface area contributed by atoms with Crippen LogP contribution in [0.5, 0.6) is 5.75 Å². The lowest BCUT2D eigenvalue weighted by Crippen LogP contribution is -1.91. The predicted molar refractivity (Wildman–Crippen MR) is 71.3 cm³/mol. The summed E-state index contributed by atoms with van der Waals surface area (Å²) in [5, 5.41) is 10.6. The first-order chi connectivity index (χ1) is 7.67. The van der Waals surface area contributed by atoms with E-state index in [9.17, 15) is 0 Å². The van der Waals surface area contributed by atoms with E-state index >= 15 is 0 Å². The SMILES string of the molecule is COc1cc(Br)cc(Nc2n[nH]c(=S)s2)c1. The maximum Gasteiger partial charge on any atom is 0.208 e. The molecule has 2 N–H and O–H groups in total. The van der Waals surface area contributed by atoms with E-state index < -0.39 is 0 Å². The average Bonchev–Trinajstić information content (AvgIpc) is 2.63. The lowest BCUT2D eigenvalue weighted by atomic mass is 10.3. The fraction of sp³-hybridized carbons (Fsp3) is 0.111. The Morgan fingerprint density at radius 1 is 1.50 bits per heavy atom. The molecule has 0 aliphatic carbocycles. The Bertz CT molecular complexity index is 552. The van der Waals surface area contributed by atoms with Crippen molar-refractivity contribution >= 4 is 50.3 Å². The highest BCUT2D eigenvalue weighted by molar-refractivity contribution is 9.10. The summed E-state index contributed by atoms with van der Waals surface area (Å²) in [6, 6.07) is 5.71. The summed E-state index contributed by atoms with van der Waals surface area (Å²) >= 11 is 9.74. The summed E-state index contributed by atoms with van der Waals surface area (Å²) in [5.41, 5.74) is 0.893. The van der Waals surface area contributed by atoms with Crippen LogP contribution in [0.1, 0.15) is 0 Å². The van der Waals surface area contributed by atoms with Crippen molar-refractivity contribution in [3.63, 3.8) is 0 Å². The molecule has 0 fully saturated rings. The fourth-order valence-electron chi connectivity index (χ4n) is 1.16. The van der Waals surface area contributed by atoms with Crippen LogP contribution in [0.25, 0.3) is 0 Å². The number of benzene rings is 1. The third-order valence-electron chi connectivity index (χ3n) is 1.80. The monoisotopic (exact) mass is 317 g/mol. The van der Waals surface area contributed by atoms with Gasteiger partial charge in [0, 0.05) is 16.2 Å². The number of aromatic amines is 1. The van der Waals surface area contributed by atoms with Crippen LogP contribution in [0.3, 0.4) is 0 Å². The number of hydrogen-bond donors (Lipinski definition) is 2. The fourth-order valence-corrected chi connectivity index (χ4v) is 2.44. The van der Waals surface area contributed by atoms with Crippen molar-refractivity contribution in [1.29, 1.82) is 0 Å². The maximum absolute atomic E-state index is 5.16. The Morgan fingerprint density at radius 2 is 2.31 bits per heavy atom. The molecule has 1 aromatic carbocycles. The molecule has 4 nitrogen and oxygen atoms in total. The Morgan fingerprint density at radius 3 is 2.94 bits per heavy atom. The van der Waals surface area contributed by atoms with Crippen LogP contribution < -0.4 is 10.1 Å². The number of aromatic nitrogens is 2. The van der Waals surface area contributed by atoms with Gasteiger partial charge < -0.3 is 10.1 Å². The van der Waals surface area contributed by atoms with E-state index in [1.54, 1.807) is 7.11 Å². The molecule has 0 bridgehead atoms. The summed E-state index contributed by atoms with van der Waals surface area (Å²) in [4.78, 5) is 0. The molecule has 16 heavy (non-hydrogen) atoms. The Hall–Kier alpha value is -0.920. The second-order valence-electron chi connectivity index (χ2n) is 2.92. The molecule has 0 saturated heterocycles. The van der Waals surface area contributed by atoms with Gasteiger partial charge in [-0.1, -0.05) is 27.3 Å².